The molecule has 1 aromatic rings. The van der Waals surface area contributed by atoms with E-state index in [-0.39, 0.29) is 12.1 Å². The van der Waals surface area contributed by atoms with Crippen molar-refractivity contribution in [3.8, 4) is 0 Å². The van der Waals surface area contributed by atoms with E-state index in [1.54, 1.807) is 12.3 Å². The highest BCUT2D eigenvalue weighted by Gasteiger charge is 2.09. The minimum Gasteiger partial charge on any atom is -0.464 e. The standard InChI is InChI=1S/C12H16BrNO3/c1-8(2)7-17-11(15)6-14-5-9(3)4-10(13)12(14)16/h4-5,8H,6-7H2,1-3H3. The summed E-state index contributed by atoms with van der Waals surface area (Å²) in [5.74, 6) is -0.0989. The molecule has 17 heavy (non-hydrogen) atoms. The first-order chi connectivity index (χ1) is 7.90. The molecule has 0 atom stereocenters. The van der Waals surface area contributed by atoms with Gasteiger partial charge in [0.05, 0.1) is 11.1 Å². The maximum Gasteiger partial charge on any atom is 0.326 e. The molecule has 0 aliphatic carbocycles. The van der Waals surface area contributed by atoms with Crippen LogP contribution >= 0.6 is 15.9 Å². The van der Waals surface area contributed by atoms with Crippen LogP contribution in [0.3, 0.4) is 0 Å². The van der Waals surface area contributed by atoms with Gasteiger partial charge < -0.3 is 9.30 Å². The first-order valence-corrected chi connectivity index (χ1v) is 6.21. The number of hydrogen-bond acceptors (Lipinski definition) is 3. The van der Waals surface area contributed by atoms with Gasteiger partial charge in [-0.3, -0.25) is 9.59 Å². The van der Waals surface area contributed by atoms with Gasteiger partial charge in [0.2, 0.25) is 0 Å². The Hall–Kier alpha value is -1.10. The monoisotopic (exact) mass is 301 g/mol. The van der Waals surface area contributed by atoms with Crippen LogP contribution in [-0.4, -0.2) is 17.1 Å². The van der Waals surface area contributed by atoms with E-state index in [0.717, 1.165) is 5.56 Å². The van der Waals surface area contributed by atoms with Crippen molar-refractivity contribution < 1.29 is 9.53 Å². The maximum absolute atomic E-state index is 11.7. The van der Waals surface area contributed by atoms with Crippen LogP contribution in [0.2, 0.25) is 0 Å². The summed E-state index contributed by atoms with van der Waals surface area (Å²) in [5, 5.41) is 0. The lowest BCUT2D eigenvalue weighted by molar-refractivity contribution is -0.145. The second-order valence-electron chi connectivity index (χ2n) is 4.38. The molecule has 0 aromatic carbocycles. The summed E-state index contributed by atoms with van der Waals surface area (Å²) in [5.41, 5.74) is 0.685. The molecule has 0 saturated carbocycles. The minimum absolute atomic E-state index is 0.0498. The first-order valence-electron chi connectivity index (χ1n) is 5.42. The quantitative estimate of drug-likeness (QED) is 0.800. The van der Waals surface area contributed by atoms with Crippen LogP contribution in [0, 0.1) is 12.8 Å². The van der Waals surface area contributed by atoms with Crippen molar-refractivity contribution in [2.45, 2.75) is 27.3 Å². The van der Waals surface area contributed by atoms with Gasteiger partial charge in [-0.25, -0.2) is 0 Å². The molecule has 5 heteroatoms. The number of pyridine rings is 1. The molecule has 0 unspecified atom stereocenters. The van der Waals surface area contributed by atoms with Crippen molar-refractivity contribution in [3.05, 3.63) is 32.7 Å². The zero-order valence-electron chi connectivity index (χ0n) is 10.2. The number of hydrogen-bond donors (Lipinski definition) is 0. The average molecular weight is 302 g/mol. The van der Waals surface area contributed by atoms with Gasteiger partial charge in [-0.05, 0) is 40.4 Å². The molecule has 0 fully saturated rings. The minimum atomic E-state index is -0.390. The third-order valence-corrected chi connectivity index (χ3v) is 2.62. The Morgan fingerprint density at radius 1 is 1.53 bits per heavy atom. The number of esters is 1. The van der Waals surface area contributed by atoms with E-state index in [2.05, 4.69) is 15.9 Å². The molecule has 4 nitrogen and oxygen atoms in total. The van der Waals surface area contributed by atoms with Crippen LogP contribution in [0.15, 0.2) is 21.5 Å². The van der Waals surface area contributed by atoms with Crippen molar-refractivity contribution in [2.75, 3.05) is 6.61 Å². The van der Waals surface area contributed by atoms with E-state index in [1.807, 2.05) is 20.8 Å². The SMILES string of the molecule is Cc1cc(Br)c(=O)n(CC(=O)OCC(C)C)c1. The maximum atomic E-state index is 11.7. The fraction of sp³-hybridized carbons (Fsp3) is 0.500. The van der Waals surface area contributed by atoms with Crippen LogP contribution < -0.4 is 5.56 Å². The summed E-state index contributed by atoms with van der Waals surface area (Å²) >= 11 is 3.16. The zero-order chi connectivity index (χ0) is 13.0. The van der Waals surface area contributed by atoms with Crippen LogP contribution in [0.5, 0.6) is 0 Å². The molecule has 1 aromatic heterocycles. The Labute approximate surface area is 109 Å². The van der Waals surface area contributed by atoms with Crippen molar-refractivity contribution >= 4 is 21.9 Å². The van der Waals surface area contributed by atoms with Crippen LogP contribution in [0.25, 0.3) is 0 Å². The van der Waals surface area contributed by atoms with E-state index >= 15 is 0 Å². The first kappa shape index (κ1) is 14.0. The van der Waals surface area contributed by atoms with Gasteiger partial charge in [0, 0.05) is 6.20 Å². The molecule has 0 spiro atoms. The predicted octanol–water partition coefficient (Wildman–Crippen LogP) is 2.12. The molecule has 0 bridgehead atoms. The largest absolute Gasteiger partial charge is 0.464 e. The molecule has 0 amide bonds. The zero-order valence-corrected chi connectivity index (χ0v) is 11.8. The molecule has 94 valence electrons. The Balaban J connectivity index is 2.75. The third-order valence-electron chi connectivity index (χ3n) is 2.06. The Morgan fingerprint density at radius 2 is 2.18 bits per heavy atom. The van der Waals surface area contributed by atoms with E-state index in [4.69, 9.17) is 4.74 Å². The number of halogens is 1. The highest BCUT2D eigenvalue weighted by atomic mass is 79.9. The fourth-order valence-electron chi connectivity index (χ4n) is 1.30. The molecule has 0 N–H and O–H groups in total. The predicted molar refractivity (Wildman–Crippen MR) is 68.9 cm³/mol. The fourth-order valence-corrected chi connectivity index (χ4v) is 1.89. The van der Waals surface area contributed by atoms with Crippen molar-refractivity contribution in [2.24, 2.45) is 5.92 Å². The van der Waals surface area contributed by atoms with E-state index in [9.17, 15) is 9.59 Å². The summed E-state index contributed by atoms with van der Waals surface area (Å²) in [4.78, 5) is 23.2. The Bertz CT molecular complexity index is 465. The number of nitrogens with zero attached hydrogens (tertiary/aromatic N) is 1. The number of rotatable bonds is 4. The number of carbonyl (C=O) groups excluding carboxylic acids is 1. The van der Waals surface area contributed by atoms with E-state index in [0.29, 0.717) is 17.0 Å². The Morgan fingerprint density at radius 3 is 2.76 bits per heavy atom. The van der Waals surface area contributed by atoms with Crippen LogP contribution in [0.1, 0.15) is 19.4 Å². The smallest absolute Gasteiger partial charge is 0.326 e. The summed E-state index contributed by atoms with van der Waals surface area (Å²) in [6.45, 7) is 6.11. The number of aryl methyl sites for hydroxylation is 1. The number of carbonyl (C=O) groups is 1. The van der Waals surface area contributed by atoms with Gasteiger partial charge in [-0.1, -0.05) is 13.8 Å². The highest BCUT2D eigenvalue weighted by Crippen LogP contribution is 2.06. The topological polar surface area (TPSA) is 48.3 Å². The molecule has 0 saturated heterocycles. The van der Waals surface area contributed by atoms with Crippen molar-refractivity contribution in [1.29, 1.82) is 0 Å². The molecular formula is C12H16BrNO3. The lowest BCUT2D eigenvalue weighted by atomic mass is 10.2. The summed E-state index contributed by atoms with van der Waals surface area (Å²) in [6, 6.07) is 1.72. The number of aromatic nitrogens is 1. The average Bonchev–Trinajstić information content (AvgIpc) is 2.22. The highest BCUT2D eigenvalue weighted by molar-refractivity contribution is 9.10. The van der Waals surface area contributed by atoms with Gasteiger partial charge >= 0.3 is 5.97 Å². The summed E-state index contributed by atoms with van der Waals surface area (Å²) in [6.07, 6.45) is 1.64. The van der Waals surface area contributed by atoms with Gasteiger partial charge in [0.15, 0.2) is 0 Å². The molecule has 0 aliphatic heterocycles. The molecular weight excluding hydrogens is 286 g/mol. The van der Waals surface area contributed by atoms with Gasteiger partial charge in [0.1, 0.15) is 6.54 Å². The van der Waals surface area contributed by atoms with E-state index < -0.39 is 5.97 Å². The number of ether oxygens (including phenoxy) is 1. The normalized spacial score (nSPS) is 10.6. The summed E-state index contributed by atoms with van der Waals surface area (Å²) in [7, 11) is 0. The molecule has 1 rings (SSSR count). The third kappa shape index (κ3) is 4.34. The second-order valence-corrected chi connectivity index (χ2v) is 5.23. The molecule has 1 heterocycles. The van der Waals surface area contributed by atoms with Gasteiger partial charge in [-0.2, -0.15) is 0 Å². The lowest BCUT2D eigenvalue weighted by Crippen LogP contribution is -2.26. The second kappa shape index (κ2) is 6.00. The van der Waals surface area contributed by atoms with Crippen LogP contribution in [0.4, 0.5) is 0 Å². The van der Waals surface area contributed by atoms with Gasteiger partial charge in [-0.15, -0.1) is 0 Å². The molecule has 0 radical (unpaired) electrons. The van der Waals surface area contributed by atoms with Crippen molar-refractivity contribution in [3.63, 3.8) is 0 Å². The Kier molecular flexibility index (Phi) is 4.93. The lowest BCUT2D eigenvalue weighted by Gasteiger charge is -2.09. The molecule has 0 aliphatic rings. The summed E-state index contributed by atoms with van der Waals surface area (Å²) < 4.78 is 6.83. The van der Waals surface area contributed by atoms with E-state index in [1.165, 1.54) is 4.57 Å². The van der Waals surface area contributed by atoms with Crippen molar-refractivity contribution in [1.82, 2.24) is 4.57 Å². The van der Waals surface area contributed by atoms with Gasteiger partial charge in [0.25, 0.3) is 5.56 Å². The van der Waals surface area contributed by atoms with Crippen LogP contribution in [-0.2, 0) is 16.1 Å².